The van der Waals surface area contributed by atoms with Crippen LogP contribution in [-0.4, -0.2) is 11.1 Å². The van der Waals surface area contributed by atoms with E-state index >= 15 is 0 Å². The Balaban J connectivity index is 2.28. The molecule has 0 heterocycles. The van der Waals surface area contributed by atoms with E-state index in [0.717, 1.165) is 0 Å². The van der Waals surface area contributed by atoms with Crippen molar-refractivity contribution in [1.29, 1.82) is 0 Å². The lowest BCUT2D eigenvalue weighted by Gasteiger charge is -2.20. The predicted molar refractivity (Wildman–Crippen MR) is 92.8 cm³/mol. The molecule has 3 nitrogen and oxygen atoms in total. The van der Waals surface area contributed by atoms with Gasteiger partial charge in [0.05, 0.1) is 5.56 Å². The summed E-state index contributed by atoms with van der Waals surface area (Å²) in [7, 11) is -3.11. The molecule has 0 bridgehead atoms. The van der Waals surface area contributed by atoms with Crippen molar-refractivity contribution in [2.75, 3.05) is 0 Å². The first-order chi connectivity index (χ1) is 11.1. The second-order valence-electron chi connectivity index (χ2n) is 5.14. The zero-order valence-corrected chi connectivity index (χ0v) is 13.2. The van der Waals surface area contributed by atoms with Gasteiger partial charge in [-0.3, -0.25) is 0 Å². The second-order valence-corrected chi connectivity index (χ2v) is 7.90. The van der Waals surface area contributed by atoms with Gasteiger partial charge in [-0.2, -0.15) is 0 Å². The molecule has 0 aliphatic heterocycles. The van der Waals surface area contributed by atoms with Crippen molar-refractivity contribution < 1.29 is 14.5 Å². The van der Waals surface area contributed by atoms with Gasteiger partial charge < -0.3 is 9.67 Å². The van der Waals surface area contributed by atoms with E-state index in [1.54, 1.807) is 12.1 Å². The first-order valence-corrected chi connectivity index (χ1v) is 8.88. The van der Waals surface area contributed by atoms with E-state index in [1.807, 2.05) is 60.7 Å². The third kappa shape index (κ3) is 2.84. The molecule has 4 heteroatoms. The fraction of sp³-hybridized carbons (Fsp3) is 0. The minimum absolute atomic E-state index is 0.134. The van der Waals surface area contributed by atoms with E-state index in [4.69, 9.17) is 0 Å². The molecule has 3 aromatic carbocycles. The average molecular weight is 322 g/mol. The van der Waals surface area contributed by atoms with E-state index < -0.39 is 13.1 Å². The second kappa shape index (κ2) is 6.23. The molecule has 3 aromatic rings. The van der Waals surface area contributed by atoms with Gasteiger partial charge in [0.2, 0.25) is 0 Å². The summed E-state index contributed by atoms with van der Waals surface area (Å²) in [6, 6.07) is 24.7. The smallest absolute Gasteiger partial charge is 0.335 e. The number of carboxylic acid groups (broad SMARTS) is 1. The Kier molecular flexibility index (Phi) is 4.14. The Bertz CT molecular complexity index is 830. The van der Waals surface area contributed by atoms with E-state index in [0.29, 0.717) is 15.9 Å². The van der Waals surface area contributed by atoms with Crippen LogP contribution in [0.4, 0.5) is 0 Å². The summed E-state index contributed by atoms with van der Waals surface area (Å²) in [6.45, 7) is 0. The molecule has 0 aliphatic rings. The number of carbonyl (C=O) groups is 1. The summed E-state index contributed by atoms with van der Waals surface area (Å²) < 4.78 is 14.0. The van der Waals surface area contributed by atoms with Gasteiger partial charge in [-0.25, -0.2) is 4.79 Å². The van der Waals surface area contributed by atoms with Crippen LogP contribution < -0.4 is 15.9 Å². The van der Waals surface area contributed by atoms with Gasteiger partial charge in [0.25, 0.3) is 0 Å². The number of benzene rings is 3. The minimum atomic E-state index is -3.11. The number of aromatic carboxylic acids is 1. The minimum Gasteiger partial charge on any atom is -0.478 e. The molecule has 0 spiro atoms. The SMILES string of the molecule is O=C(O)c1cccc(P(=O)(c2ccccc2)c2ccccc2)c1. The largest absolute Gasteiger partial charge is 0.478 e. The van der Waals surface area contributed by atoms with Crippen LogP contribution in [-0.2, 0) is 4.57 Å². The molecule has 0 aromatic heterocycles. The lowest BCUT2D eigenvalue weighted by atomic mass is 10.2. The van der Waals surface area contributed by atoms with Gasteiger partial charge in [0, 0.05) is 15.9 Å². The molecule has 0 unspecified atom stereocenters. The van der Waals surface area contributed by atoms with Crippen LogP contribution in [0.1, 0.15) is 10.4 Å². The quantitative estimate of drug-likeness (QED) is 0.751. The molecule has 0 saturated carbocycles. The molecule has 0 amide bonds. The Morgan fingerprint density at radius 2 is 1.17 bits per heavy atom. The number of carboxylic acids is 1. The van der Waals surface area contributed by atoms with Crippen LogP contribution >= 0.6 is 7.14 Å². The van der Waals surface area contributed by atoms with Crippen molar-refractivity contribution in [2.24, 2.45) is 0 Å². The van der Waals surface area contributed by atoms with Gasteiger partial charge in [0.15, 0.2) is 7.14 Å². The highest BCUT2D eigenvalue weighted by Crippen LogP contribution is 2.42. The standard InChI is InChI=1S/C19H15O3P/c20-19(21)15-8-7-13-18(14-15)23(22,16-9-3-1-4-10-16)17-11-5-2-6-12-17/h1-14H,(H,20,21). The first kappa shape index (κ1) is 15.3. The lowest BCUT2D eigenvalue weighted by Crippen LogP contribution is -2.25. The van der Waals surface area contributed by atoms with Gasteiger partial charge in [-0.15, -0.1) is 0 Å². The van der Waals surface area contributed by atoms with Crippen LogP contribution in [0.25, 0.3) is 0 Å². The van der Waals surface area contributed by atoms with Crippen molar-refractivity contribution in [2.45, 2.75) is 0 Å². The molecule has 114 valence electrons. The van der Waals surface area contributed by atoms with Crippen molar-refractivity contribution in [1.82, 2.24) is 0 Å². The van der Waals surface area contributed by atoms with E-state index in [9.17, 15) is 14.5 Å². The third-order valence-corrected chi connectivity index (χ3v) is 6.75. The van der Waals surface area contributed by atoms with Crippen LogP contribution in [0.3, 0.4) is 0 Å². The van der Waals surface area contributed by atoms with Crippen LogP contribution in [0.15, 0.2) is 84.9 Å². The normalized spacial score (nSPS) is 11.1. The van der Waals surface area contributed by atoms with Crippen molar-refractivity contribution in [3.63, 3.8) is 0 Å². The monoisotopic (exact) mass is 322 g/mol. The Hall–Kier alpha value is -2.64. The average Bonchev–Trinajstić information content (AvgIpc) is 2.62. The summed E-state index contributed by atoms with van der Waals surface area (Å²) in [6.07, 6.45) is 0. The van der Waals surface area contributed by atoms with Crippen LogP contribution in [0, 0.1) is 0 Å². The molecule has 0 fully saturated rings. The van der Waals surface area contributed by atoms with Crippen molar-refractivity contribution >= 4 is 29.0 Å². The third-order valence-electron chi connectivity index (χ3n) is 3.70. The number of hydrogen-bond acceptors (Lipinski definition) is 2. The van der Waals surface area contributed by atoms with E-state index in [1.165, 1.54) is 12.1 Å². The predicted octanol–water partition coefficient (Wildman–Crippen LogP) is 3.02. The molecule has 23 heavy (non-hydrogen) atoms. The highest BCUT2D eigenvalue weighted by Gasteiger charge is 2.29. The summed E-state index contributed by atoms with van der Waals surface area (Å²) in [5.74, 6) is -1.03. The Labute approximate surface area is 134 Å². The highest BCUT2D eigenvalue weighted by molar-refractivity contribution is 7.85. The molecule has 1 N–H and O–H groups in total. The van der Waals surface area contributed by atoms with Crippen LogP contribution in [0.5, 0.6) is 0 Å². The number of rotatable bonds is 4. The topological polar surface area (TPSA) is 54.4 Å². The Morgan fingerprint density at radius 3 is 1.65 bits per heavy atom. The highest BCUT2D eigenvalue weighted by atomic mass is 31.2. The first-order valence-electron chi connectivity index (χ1n) is 7.17. The van der Waals surface area contributed by atoms with Gasteiger partial charge in [-0.1, -0.05) is 72.8 Å². The maximum absolute atomic E-state index is 14.0. The maximum atomic E-state index is 14.0. The summed E-state index contributed by atoms with van der Waals surface area (Å²) in [5, 5.41) is 11.1. The number of hydrogen-bond donors (Lipinski definition) is 1. The molecule has 0 saturated heterocycles. The zero-order valence-electron chi connectivity index (χ0n) is 12.3. The van der Waals surface area contributed by atoms with E-state index in [2.05, 4.69) is 0 Å². The fourth-order valence-corrected chi connectivity index (χ4v) is 5.25. The van der Waals surface area contributed by atoms with Gasteiger partial charge >= 0.3 is 5.97 Å². The molecular formula is C19H15O3P. The van der Waals surface area contributed by atoms with Crippen molar-refractivity contribution in [3.05, 3.63) is 90.5 Å². The summed E-state index contributed by atoms with van der Waals surface area (Å²) in [5.41, 5.74) is 0.134. The molecular weight excluding hydrogens is 307 g/mol. The van der Waals surface area contributed by atoms with E-state index in [-0.39, 0.29) is 5.56 Å². The summed E-state index contributed by atoms with van der Waals surface area (Å²) >= 11 is 0. The molecule has 0 aliphatic carbocycles. The summed E-state index contributed by atoms with van der Waals surface area (Å²) in [4.78, 5) is 11.3. The molecule has 3 rings (SSSR count). The lowest BCUT2D eigenvalue weighted by molar-refractivity contribution is 0.0697. The molecule has 0 atom stereocenters. The molecule has 0 radical (unpaired) electrons. The fourth-order valence-electron chi connectivity index (χ4n) is 2.56. The van der Waals surface area contributed by atoms with Crippen molar-refractivity contribution in [3.8, 4) is 0 Å². The Morgan fingerprint density at radius 1 is 0.696 bits per heavy atom. The maximum Gasteiger partial charge on any atom is 0.335 e. The zero-order chi connectivity index (χ0) is 16.3. The van der Waals surface area contributed by atoms with Gasteiger partial charge in [0.1, 0.15) is 0 Å². The van der Waals surface area contributed by atoms with Gasteiger partial charge in [-0.05, 0) is 12.1 Å². The van der Waals surface area contributed by atoms with Crippen LogP contribution in [0.2, 0.25) is 0 Å².